The Morgan fingerprint density at radius 1 is 0.617 bits per heavy atom. The van der Waals surface area contributed by atoms with E-state index in [1.807, 2.05) is 0 Å². The first-order valence-electron chi connectivity index (χ1n) is 15.8. The molecule has 0 spiro atoms. The van der Waals surface area contributed by atoms with Crippen molar-refractivity contribution in [3.8, 4) is 22.3 Å². The number of hydrogen-bond donors (Lipinski definition) is 0. The summed E-state index contributed by atoms with van der Waals surface area (Å²) in [5.41, 5.74) is 11.0. The first-order chi connectivity index (χ1) is 21.6. The van der Waals surface area contributed by atoms with Crippen molar-refractivity contribution in [2.75, 3.05) is 0 Å². The SMILES string of the molecule is CC(C)c1cc2c(-c3ccc4ccccc4c3)cccc2[cH-]1.Cc1cc2c(-c3ccc(C(C)(C)C)cc3)ccc(C)c2[cH-]1.[CH3-].[CH3-].[Si]=[Zr]. The van der Waals surface area contributed by atoms with Crippen molar-refractivity contribution in [2.45, 2.75) is 59.8 Å². The van der Waals surface area contributed by atoms with E-state index in [0.29, 0.717) is 5.92 Å². The summed E-state index contributed by atoms with van der Waals surface area (Å²) in [6.07, 6.45) is 0. The summed E-state index contributed by atoms with van der Waals surface area (Å²) >= 11 is 1.36. The van der Waals surface area contributed by atoms with Gasteiger partial charge in [0.05, 0.1) is 0 Å². The third-order valence-corrected chi connectivity index (χ3v) is 8.81. The second-order valence-corrected chi connectivity index (χ2v) is 13.4. The van der Waals surface area contributed by atoms with E-state index in [-0.39, 0.29) is 20.3 Å². The van der Waals surface area contributed by atoms with E-state index in [0.717, 1.165) is 0 Å². The molecule has 0 aliphatic heterocycles. The Kier molecular flexibility index (Phi) is 13.1. The van der Waals surface area contributed by atoms with Crippen molar-refractivity contribution in [1.82, 2.24) is 0 Å². The Balaban J connectivity index is 0.000000234. The van der Waals surface area contributed by atoms with Crippen LogP contribution in [0.1, 0.15) is 62.8 Å². The summed E-state index contributed by atoms with van der Waals surface area (Å²) in [4.78, 5) is 0. The van der Waals surface area contributed by atoms with E-state index in [9.17, 15) is 0 Å². The molecular weight excluding hydrogens is 660 g/mol. The van der Waals surface area contributed by atoms with Crippen LogP contribution >= 0.6 is 0 Å². The third kappa shape index (κ3) is 8.40. The van der Waals surface area contributed by atoms with Crippen LogP contribution in [0, 0.1) is 28.7 Å². The van der Waals surface area contributed by atoms with Gasteiger partial charge in [0.25, 0.3) is 0 Å². The molecule has 2 heteroatoms. The maximum absolute atomic E-state index is 3.06. The fraction of sp³-hybridized carbons (Fsp3) is 0.200. The summed E-state index contributed by atoms with van der Waals surface area (Å²) in [6.45, 7) is 18.7. The molecule has 0 atom stereocenters. The van der Waals surface area contributed by atoms with Crippen LogP contribution in [-0.2, 0) is 28.8 Å². The number of rotatable bonds is 3. The summed E-state index contributed by atoms with van der Waals surface area (Å²) in [5, 5.41) is 8.05. The predicted octanol–water partition coefficient (Wildman–Crippen LogP) is 13.2. The van der Waals surface area contributed by atoms with Crippen LogP contribution < -0.4 is 0 Å². The van der Waals surface area contributed by atoms with Gasteiger partial charge in [-0.25, -0.2) is 0 Å². The number of aryl methyl sites for hydroxylation is 2. The predicted molar refractivity (Wildman–Crippen MR) is 208 cm³/mol. The van der Waals surface area contributed by atoms with Gasteiger partial charge in [0.1, 0.15) is 0 Å². The van der Waals surface area contributed by atoms with E-state index in [4.69, 9.17) is 0 Å². The van der Waals surface area contributed by atoms with Crippen LogP contribution in [0.15, 0.2) is 121 Å². The molecule has 240 valence electrons. The van der Waals surface area contributed by atoms with E-state index >= 15 is 0 Å². The van der Waals surface area contributed by atoms with Gasteiger partial charge in [0, 0.05) is 0 Å². The molecule has 0 saturated carbocycles. The minimum atomic E-state index is 0. The fourth-order valence-corrected chi connectivity index (χ4v) is 6.19. The van der Waals surface area contributed by atoms with Crippen LogP contribution in [0.3, 0.4) is 0 Å². The third-order valence-electron chi connectivity index (χ3n) is 8.81. The van der Waals surface area contributed by atoms with Crippen LogP contribution in [0.4, 0.5) is 0 Å². The molecule has 0 N–H and O–H groups in total. The van der Waals surface area contributed by atoms with Gasteiger partial charge in [0.2, 0.25) is 0 Å². The fourth-order valence-electron chi connectivity index (χ4n) is 6.19. The molecule has 7 aromatic rings. The van der Waals surface area contributed by atoms with Crippen molar-refractivity contribution in [1.29, 1.82) is 0 Å². The molecule has 0 aliphatic carbocycles. The van der Waals surface area contributed by atoms with Crippen LogP contribution in [0.2, 0.25) is 0 Å². The molecule has 0 amide bonds. The van der Waals surface area contributed by atoms with Gasteiger partial charge in [-0.15, -0.1) is 68.6 Å². The second-order valence-electron chi connectivity index (χ2n) is 13.4. The van der Waals surface area contributed by atoms with Gasteiger partial charge in [-0.3, -0.25) is 0 Å². The zero-order chi connectivity index (χ0) is 32.3. The molecule has 0 unspecified atom stereocenters. The molecular formula is C45H48SiZr-4. The molecule has 0 fully saturated rings. The van der Waals surface area contributed by atoms with Crippen molar-refractivity contribution in [2.24, 2.45) is 0 Å². The van der Waals surface area contributed by atoms with Gasteiger partial charge in [-0.2, -0.15) is 12.1 Å². The molecule has 0 saturated heterocycles. The average Bonchev–Trinajstić information content (AvgIpc) is 3.66. The molecule has 0 aliphatic rings. The molecule has 0 aromatic heterocycles. The monoisotopic (exact) mass is 706 g/mol. The van der Waals surface area contributed by atoms with Gasteiger partial charge in [-0.05, 0) is 44.9 Å². The van der Waals surface area contributed by atoms with E-state index in [1.165, 1.54) is 100 Å². The van der Waals surface area contributed by atoms with E-state index in [1.54, 1.807) is 0 Å². The average molecular weight is 708 g/mol. The molecule has 0 bridgehead atoms. The van der Waals surface area contributed by atoms with Crippen molar-refractivity contribution in [3.63, 3.8) is 0 Å². The first-order valence-corrected chi connectivity index (χ1v) is 20.0. The van der Waals surface area contributed by atoms with Gasteiger partial charge < -0.3 is 14.9 Å². The zero-order valence-electron chi connectivity index (χ0n) is 29.6. The summed E-state index contributed by atoms with van der Waals surface area (Å²) in [5.74, 6) is 0.567. The van der Waals surface area contributed by atoms with Crippen LogP contribution in [-0.4, -0.2) is 6.88 Å². The molecule has 47 heavy (non-hydrogen) atoms. The second kappa shape index (κ2) is 16.2. The standard InChI is InChI=1S/C22H19.C21H23.2CH3.Si.Zr/c1-15(2)20-13-18-8-5-9-21(22(18)14-20)19-11-10-16-6-3-4-7-17(16)12-19;1-14-12-19-15(2)6-11-18(20(19)13-14)16-7-9-17(10-8-16)21(3,4)5;;;;/h3-15H,1-2H3;6-13H,1-5H3;2*1H3;;/q4*-1;;. The molecule has 7 rings (SSSR count). The molecule has 0 nitrogen and oxygen atoms in total. The number of fused-ring (bicyclic) bond motifs is 3. The van der Waals surface area contributed by atoms with Gasteiger partial charge in [-0.1, -0.05) is 132 Å². The van der Waals surface area contributed by atoms with Gasteiger partial charge in [0.15, 0.2) is 0 Å². The molecule has 7 aromatic carbocycles. The van der Waals surface area contributed by atoms with Crippen molar-refractivity contribution in [3.05, 3.63) is 158 Å². The number of hydrogen-bond acceptors (Lipinski definition) is 0. The van der Waals surface area contributed by atoms with Crippen molar-refractivity contribution >= 4 is 39.2 Å². The zero-order valence-corrected chi connectivity index (χ0v) is 33.1. The molecule has 0 heterocycles. The number of benzene rings is 5. The van der Waals surface area contributed by atoms with E-state index < -0.39 is 0 Å². The van der Waals surface area contributed by atoms with Crippen LogP contribution in [0.25, 0.3) is 54.6 Å². The maximum atomic E-state index is 3.06. The summed E-state index contributed by atoms with van der Waals surface area (Å²) in [6, 6.07) is 44.7. The minimum absolute atomic E-state index is 0. The van der Waals surface area contributed by atoms with E-state index in [2.05, 4.69) is 177 Å². The summed E-state index contributed by atoms with van der Waals surface area (Å²) in [7, 11) is 0. The quantitative estimate of drug-likeness (QED) is 0.127. The van der Waals surface area contributed by atoms with Crippen molar-refractivity contribution < 1.29 is 23.3 Å². The normalized spacial score (nSPS) is 10.9. The van der Waals surface area contributed by atoms with Crippen LogP contribution in [0.5, 0.6) is 0 Å². The Morgan fingerprint density at radius 3 is 1.91 bits per heavy atom. The Bertz CT molecular complexity index is 2060. The van der Waals surface area contributed by atoms with Gasteiger partial charge >= 0.3 is 30.2 Å². The Hall–Kier alpha value is -3.32. The summed E-state index contributed by atoms with van der Waals surface area (Å²) < 4.78 is 0. The Morgan fingerprint density at radius 2 is 1.26 bits per heavy atom. The first kappa shape index (κ1) is 38.1. The Labute approximate surface area is 301 Å². The molecule has 2 radical (unpaired) electrons. The topological polar surface area (TPSA) is 0 Å².